The smallest absolute Gasteiger partial charge is 0.331 e. The van der Waals surface area contributed by atoms with Crippen molar-refractivity contribution in [2.45, 2.75) is 17.9 Å². The third kappa shape index (κ3) is 6.06. The molecule has 0 aliphatic heterocycles. The molecule has 2 rings (SSSR count). The summed E-state index contributed by atoms with van der Waals surface area (Å²) >= 11 is 1.64. The summed E-state index contributed by atoms with van der Waals surface area (Å²) in [6.45, 7) is 1.51. The number of anilines is 1. The molecule has 0 bridgehead atoms. The van der Waals surface area contributed by atoms with Gasteiger partial charge in [0.05, 0.1) is 14.2 Å². The van der Waals surface area contributed by atoms with Crippen LogP contribution in [0.1, 0.15) is 12.5 Å². The summed E-state index contributed by atoms with van der Waals surface area (Å²) in [6, 6.07) is 12.7. The number of nitrogens with one attached hydrogen (secondary N) is 1. The first-order chi connectivity index (χ1) is 13.5. The first kappa shape index (κ1) is 21.4. The van der Waals surface area contributed by atoms with Gasteiger partial charge >= 0.3 is 5.97 Å². The fraction of sp³-hybridized carbons (Fsp3) is 0.238. The quantitative estimate of drug-likeness (QED) is 0.409. The summed E-state index contributed by atoms with van der Waals surface area (Å²) in [4.78, 5) is 25.4. The molecular formula is C21H23NO5S. The second kappa shape index (κ2) is 10.4. The molecule has 6 nitrogen and oxygen atoms in total. The number of methoxy groups -OCH3 is 2. The van der Waals surface area contributed by atoms with E-state index in [-0.39, 0.29) is 0 Å². The Balaban J connectivity index is 1.92. The van der Waals surface area contributed by atoms with Crippen molar-refractivity contribution in [2.75, 3.05) is 25.8 Å². The van der Waals surface area contributed by atoms with E-state index in [1.54, 1.807) is 36.0 Å². The van der Waals surface area contributed by atoms with E-state index in [1.807, 2.05) is 30.5 Å². The molecule has 0 unspecified atom stereocenters. The first-order valence-electron chi connectivity index (χ1n) is 8.52. The lowest BCUT2D eigenvalue weighted by Crippen LogP contribution is -2.29. The Morgan fingerprint density at radius 3 is 2.32 bits per heavy atom. The second-order valence-electron chi connectivity index (χ2n) is 5.74. The van der Waals surface area contributed by atoms with Crippen LogP contribution < -0.4 is 14.8 Å². The minimum Gasteiger partial charge on any atom is -0.493 e. The summed E-state index contributed by atoms with van der Waals surface area (Å²) in [5, 5.41) is 2.68. The van der Waals surface area contributed by atoms with Crippen molar-refractivity contribution in [2.24, 2.45) is 0 Å². The van der Waals surface area contributed by atoms with Gasteiger partial charge < -0.3 is 19.5 Å². The number of amides is 1. The summed E-state index contributed by atoms with van der Waals surface area (Å²) in [6.07, 6.45) is 3.99. The van der Waals surface area contributed by atoms with Crippen molar-refractivity contribution in [3.8, 4) is 11.5 Å². The van der Waals surface area contributed by atoms with Gasteiger partial charge in [0, 0.05) is 22.7 Å². The zero-order valence-electron chi connectivity index (χ0n) is 16.2. The minimum absolute atomic E-state index is 0.446. The number of rotatable bonds is 8. The van der Waals surface area contributed by atoms with E-state index in [2.05, 4.69) is 5.32 Å². The van der Waals surface area contributed by atoms with Crippen LogP contribution in [0.25, 0.3) is 6.08 Å². The third-order valence-electron chi connectivity index (χ3n) is 3.84. The van der Waals surface area contributed by atoms with Gasteiger partial charge in [-0.2, -0.15) is 0 Å². The normalized spacial score (nSPS) is 11.7. The molecule has 1 amide bonds. The van der Waals surface area contributed by atoms with Gasteiger partial charge in [0.1, 0.15) is 0 Å². The molecule has 0 saturated heterocycles. The summed E-state index contributed by atoms with van der Waals surface area (Å²) < 4.78 is 15.5. The lowest BCUT2D eigenvalue weighted by molar-refractivity contribution is -0.148. The maximum atomic E-state index is 12.3. The van der Waals surface area contributed by atoms with Crippen molar-refractivity contribution < 1.29 is 23.8 Å². The van der Waals surface area contributed by atoms with E-state index in [1.165, 1.54) is 27.2 Å². The molecule has 0 heterocycles. The lowest BCUT2D eigenvalue weighted by Gasteiger charge is -2.14. The molecule has 7 heteroatoms. The van der Waals surface area contributed by atoms with E-state index >= 15 is 0 Å². The Morgan fingerprint density at radius 1 is 1.04 bits per heavy atom. The molecule has 0 aromatic heterocycles. The van der Waals surface area contributed by atoms with Crippen LogP contribution in [-0.4, -0.2) is 38.5 Å². The number of thioether (sulfide) groups is 1. The Morgan fingerprint density at radius 2 is 1.71 bits per heavy atom. The monoisotopic (exact) mass is 401 g/mol. The molecule has 0 spiro atoms. The summed E-state index contributed by atoms with van der Waals surface area (Å²) in [5.74, 6) is -0.00162. The fourth-order valence-corrected chi connectivity index (χ4v) is 2.71. The Kier molecular flexibility index (Phi) is 7.95. The van der Waals surface area contributed by atoms with Crippen molar-refractivity contribution in [1.82, 2.24) is 0 Å². The Bertz CT molecular complexity index is 848. The average molecular weight is 401 g/mol. The van der Waals surface area contributed by atoms with Gasteiger partial charge in [0.15, 0.2) is 17.6 Å². The van der Waals surface area contributed by atoms with Gasteiger partial charge in [0.2, 0.25) is 0 Å². The number of benzene rings is 2. The topological polar surface area (TPSA) is 73.9 Å². The highest BCUT2D eigenvalue weighted by atomic mass is 32.2. The van der Waals surface area contributed by atoms with Crippen LogP contribution in [0.5, 0.6) is 11.5 Å². The average Bonchev–Trinajstić information content (AvgIpc) is 2.72. The number of ether oxygens (including phenoxy) is 3. The third-order valence-corrected chi connectivity index (χ3v) is 4.58. The van der Waals surface area contributed by atoms with Gasteiger partial charge in [-0.15, -0.1) is 11.8 Å². The zero-order chi connectivity index (χ0) is 20.5. The van der Waals surface area contributed by atoms with Crippen molar-refractivity contribution in [3.63, 3.8) is 0 Å². The second-order valence-corrected chi connectivity index (χ2v) is 6.62. The maximum absolute atomic E-state index is 12.3. The Labute approximate surface area is 168 Å². The van der Waals surface area contributed by atoms with Gasteiger partial charge in [-0.3, -0.25) is 4.79 Å². The van der Waals surface area contributed by atoms with Crippen LogP contribution in [0.3, 0.4) is 0 Å². The molecule has 148 valence electrons. The van der Waals surface area contributed by atoms with Crippen LogP contribution >= 0.6 is 11.8 Å². The highest BCUT2D eigenvalue weighted by molar-refractivity contribution is 7.98. The van der Waals surface area contributed by atoms with E-state index in [0.29, 0.717) is 17.2 Å². The first-order valence-corrected chi connectivity index (χ1v) is 9.75. The molecule has 28 heavy (non-hydrogen) atoms. The van der Waals surface area contributed by atoms with Crippen LogP contribution in [0, 0.1) is 0 Å². The largest absolute Gasteiger partial charge is 0.493 e. The molecule has 1 N–H and O–H groups in total. The van der Waals surface area contributed by atoms with Gasteiger partial charge in [-0.05, 0) is 49.1 Å². The SMILES string of the molecule is COc1ccc(NC(=O)[C@H](C)OC(=O)/C=C/c2ccc(SC)cc2)cc1OC. The lowest BCUT2D eigenvalue weighted by atomic mass is 10.2. The minimum atomic E-state index is -0.955. The molecule has 2 aromatic carbocycles. The molecule has 0 aliphatic carbocycles. The molecule has 0 radical (unpaired) electrons. The van der Waals surface area contributed by atoms with Gasteiger partial charge in [-0.1, -0.05) is 12.1 Å². The van der Waals surface area contributed by atoms with E-state index in [0.717, 1.165) is 10.5 Å². The maximum Gasteiger partial charge on any atom is 0.331 e. The number of hydrogen-bond donors (Lipinski definition) is 1. The highest BCUT2D eigenvalue weighted by Gasteiger charge is 2.17. The van der Waals surface area contributed by atoms with Gasteiger partial charge in [0.25, 0.3) is 5.91 Å². The van der Waals surface area contributed by atoms with E-state index < -0.39 is 18.0 Å². The highest BCUT2D eigenvalue weighted by Crippen LogP contribution is 2.29. The Hall–Kier alpha value is -2.93. The standard InChI is InChI=1S/C21H23NO5S/c1-14(21(24)22-16-8-11-18(25-2)19(13-16)26-3)27-20(23)12-7-15-5-9-17(28-4)10-6-15/h5-14H,1-4H3,(H,22,24)/b12-7+/t14-/m0/s1. The molecule has 2 aromatic rings. The number of hydrogen-bond acceptors (Lipinski definition) is 6. The zero-order valence-corrected chi connectivity index (χ0v) is 17.0. The van der Waals surface area contributed by atoms with Crippen LogP contribution in [-0.2, 0) is 14.3 Å². The molecule has 1 atom stereocenters. The number of esters is 1. The number of carbonyl (C=O) groups is 2. The molecule has 0 aliphatic rings. The van der Waals surface area contributed by atoms with Crippen molar-refractivity contribution >= 4 is 35.4 Å². The van der Waals surface area contributed by atoms with Crippen molar-refractivity contribution in [3.05, 3.63) is 54.1 Å². The predicted molar refractivity (Wildman–Crippen MR) is 111 cm³/mol. The molecule has 0 fully saturated rings. The predicted octanol–water partition coefficient (Wildman–Crippen LogP) is 4.01. The van der Waals surface area contributed by atoms with Crippen LogP contribution in [0.15, 0.2) is 53.4 Å². The van der Waals surface area contributed by atoms with E-state index in [4.69, 9.17) is 14.2 Å². The molecular weight excluding hydrogens is 378 g/mol. The number of carbonyl (C=O) groups excluding carboxylic acids is 2. The summed E-state index contributed by atoms with van der Waals surface area (Å²) in [7, 11) is 3.04. The van der Waals surface area contributed by atoms with Crippen LogP contribution in [0.2, 0.25) is 0 Å². The van der Waals surface area contributed by atoms with E-state index in [9.17, 15) is 9.59 Å². The summed E-state index contributed by atoms with van der Waals surface area (Å²) in [5.41, 5.74) is 1.38. The molecule has 0 saturated carbocycles. The van der Waals surface area contributed by atoms with Crippen LogP contribution in [0.4, 0.5) is 5.69 Å². The fourth-order valence-electron chi connectivity index (χ4n) is 2.30. The van der Waals surface area contributed by atoms with Crippen molar-refractivity contribution in [1.29, 1.82) is 0 Å². The van der Waals surface area contributed by atoms with Gasteiger partial charge in [-0.25, -0.2) is 4.79 Å².